The van der Waals surface area contributed by atoms with Gasteiger partial charge in [0.05, 0.1) is 11.0 Å². The molecule has 2 rings (SSSR count). The van der Waals surface area contributed by atoms with Gasteiger partial charge in [-0.2, -0.15) is 30.7 Å². The van der Waals surface area contributed by atoms with Crippen LogP contribution >= 0.6 is 0 Å². The van der Waals surface area contributed by atoms with Gasteiger partial charge in [-0.05, 0) is 26.0 Å². The second kappa shape index (κ2) is 8.10. The maximum atomic E-state index is 14.8. The molecule has 0 spiro atoms. The molecule has 31 heavy (non-hydrogen) atoms. The first-order valence-corrected chi connectivity index (χ1v) is 8.49. The lowest BCUT2D eigenvalue weighted by Crippen LogP contribution is -3.00. The number of nitrogens with zero attached hydrogens (tertiary/aromatic N) is 1. The van der Waals surface area contributed by atoms with E-state index >= 15 is 0 Å². The highest BCUT2D eigenvalue weighted by Gasteiger charge is 2.80. The summed E-state index contributed by atoms with van der Waals surface area (Å²) < 4.78 is 122. The van der Waals surface area contributed by atoms with Crippen LogP contribution in [-0.4, -0.2) is 45.4 Å². The second-order valence-electron chi connectivity index (χ2n) is 7.52. The minimum atomic E-state index is -6.17. The molecule has 0 fully saturated rings. The molecule has 1 N–H and O–H groups in total. The van der Waals surface area contributed by atoms with Gasteiger partial charge in [0.1, 0.15) is 0 Å². The van der Waals surface area contributed by atoms with Crippen LogP contribution in [0, 0.1) is 0 Å². The third-order valence-corrected chi connectivity index (χ3v) is 5.24. The van der Waals surface area contributed by atoms with Gasteiger partial charge in [0, 0.05) is 31.4 Å². The van der Waals surface area contributed by atoms with Crippen molar-refractivity contribution < 1.29 is 78.0 Å². The Morgan fingerprint density at radius 2 is 1.52 bits per heavy atom. The molecule has 1 heterocycles. The molecule has 0 amide bonds. The van der Waals surface area contributed by atoms with Crippen LogP contribution in [0.25, 0.3) is 0 Å². The number of carboxylic acids is 1. The predicted octanol–water partition coefficient (Wildman–Crippen LogP) is 2.99. The first-order valence-electron chi connectivity index (χ1n) is 8.49. The lowest BCUT2D eigenvalue weighted by molar-refractivity contribution is -0.658. The number of carboxylic acid groups (broad SMARTS) is 1. The van der Waals surface area contributed by atoms with Crippen molar-refractivity contribution in [2.75, 3.05) is 0 Å². The van der Waals surface area contributed by atoms with E-state index < -0.39 is 59.7 Å². The molecule has 0 saturated carbocycles. The minimum Gasteiger partial charge on any atom is -1.00 e. The summed E-state index contributed by atoms with van der Waals surface area (Å²) in [6.07, 6.45) is -10.1. The van der Waals surface area contributed by atoms with Gasteiger partial charge in [0.15, 0.2) is 5.71 Å². The van der Waals surface area contributed by atoms with Gasteiger partial charge >= 0.3 is 30.0 Å². The van der Waals surface area contributed by atoms with E-state index in [0.29, 0.717) is 0 Å². The van der Waals surface area contributed by atoms with E-state index in [1.165, 1.54) is 13.8 Å². The Kier molecular flexibility index (Phi) is 7.19. The molecule has 0 unspecified atom stereocenters. The Bertz CT molecular complexity index is 908. The Labute approximate surface area is 187 Å². The second-order valence-corrected chi connectivity index (χ2v) is 7.52. The summed E-state index contributed by atoms with van der Waals surface area (Å²) in [5.74, 6) is -13.3. The van der Waals surface area contributed by atoms with E-state index in [1.54, 1.807) is 0 Å². The van der Waals surface area contributed by atoms with Crippen molar-refractivity contribution >= 4 is 17.4 Å². The van der Waals surface area contributed by atoms with Crippen molar-refractivity contribution in [3.63, 3.8) is 0 Å². The van der Waals surface area contributed by atoms with E-state index in [9.17, 15) is 44.3 Å². The number of halogens is 10. The summed E-state index contributed by atoms with van der Waals surface area (Å²) in [5.41, 5.74) is -3.06. The van der Waals surface area contributed by atoms with Gasteiger partial charge in [0.2, 0.25) is 5.69 Å². The average Bonchev–Trinajstić information content (AvgIpc) is 2.78. The van der Waals surface area contributed by atoms with Gasteiger partial charge in [0.25, 0.3) is 0 Å². The van der Waals surface area contributed by atoms with Crippen LogP contribution in [0.5, 0.6) is 0 Å². The van der Waals surface area contributed by atoms with Crippen molar-refractivity contribution in [1.29, 1.82) is 0 Å². The maximum absolute atomic E-state index is 14.8. The van der Waals surface area contributed by atoms with Crippen LogP contribution in [0.4, 0.5) is 45.2 Å². The molecule has 1 aliphatic rings. The quantitative estimate of drug-likeness (QED) is 0.245. The summed E-state index contributed by atoms with van der Waals surface area (Å²) in [6, 6.07) is -3.05. The molecule has 176 valence electrons. The minimum absolute atomic E-state index is 0. The topological polar surface area (TPSA) is 40.3 Å². The molecular formula is C18H17F9INO2. The third-order valence-electron chi connectivity index (χ3n) is 5.24. The monoisotopic (exact) mass is 577 g/mol. The summed E-state index contributed by atoms with van der Waals surface area (Å²) in [4.78, 5) is 11.1. The number of benzene rings is 1. The number of aromatic carboxylic acids is 1. The lowest BCUT2D eigenvalue weighted by Gasteiger charge is -2.30. The Morgan fingerprint density at radius 3 is 1.97 bits per heavy atom. The fourth-order valence-corrected chi connectivity index (χ4v) is 3.20. The first kappa shape index (κ1) is 27.5. The molecule has 0 bridgehead atoms. The van der Waals surface area contributed by atoms with Crippen molar-refractivity contribution in [3.05, 3.63) is 29.3 Å². The number of rotatable bonds is 6. The number of fused-ring (bicyclic) bond motifs is 1. The SMILES string of the molecule is CC1=[N+](C(F)(F)C(F)(F)C(F)(F)CCC(F)(F)F)c2ccc(C(=O)O)cc2C1(C)C.[I-]. The smallest absolute Gasteiger partial charge is 0.534 e. The summed E-state index contributed by atoms with van der Waals surface area (Å²) in [6.45, 7) is 3.56. The molecule has 1 aromatic rings. The zero-order chi connectivity index (χ0) is 23.5. The zero-order valence-corrected chi connectivity index (χ0v) is 18.4. The highest BCUT2D eigenvalue weighted by Crippen LogP contribution is 2.53. The Hall–Kier alpha value is -1.54. The number of hydrogen-bond acceptors (Lipinski definition) is 1. The highest BCUT2D eigenvalue weighted by molar-refractivity contribution is 5.95. The molecule has 0 radical (unpaired) electrons. The zero-order valence-electron chi connectivity index (χ0n) is 16.2. The fraction of sp³-hybridized carbons (Fsp3) is 0.556. The van der Waals surface area contributed by atoms with E-state index in [4.69, 9.17) is 5.11 Å². The molecule has 3 nitrogen and oxygen atoms in total. The van der Waals surface area contributed by atoms with Crippen LogP contribution in [0.1, 0.15) is 49.5 Å². The first-order chi connectivity index (χ1) is 13.3. The predicted molar refractivity (Wildman–Crippen MR) is 87.2 cm³/mol. The molecule has 0 aromatic heterocycles. The van der Waals surface area contributed by atoms with Gasteiger partial charge in [-0.3, -0.25) is 0 Å². The van der Waals surface area contributed by atoms with Crippen molar-refractivity contribution in [2.45, 2.75) is 63.1 Å². The van der Waals surface area contributed by atoms with Crippen LogP contribution in [0.3, 0.4) is 0 Å². The molecule has 13 heteroatoms. The molecule has 0 atom stereocenters. The maximum Gasteiger partial charge on any atom is 0.534 e. The van der Waals surface area contributed by atoms with Crippen molar-refractivity contribution in [1.82, 2.24) is 0 Å². The van der Waals surface area contributed by atoms with E-state index in [0.717, 1.165) is 25.1 Å². The van der Waals surface area contributed by atoms with E-state index in [2.05, 4.69) is 0 Å². The molecule has 0 saturated heterocycles. The molecule has 1 aromatic carbocycles. The van der Waals surface area contributed by atoms with Gasteiger partial charge in [-0.25, -0.2) is 4.79 Å². The summed E-state index contributed by atoms with van der Waals surface area (Å²) >= 11 is 0. The van der Waals surface area contributed by atoms with Gasteiger partial charge in [-0.15, -0.1) is 13.4 Å². The van der Waals surface area contributed by atoms with E-state index in [-0.39, 0.29) is 39.7 Å². The normalized spacial score (nSPS) is 16.8. The molecular weight excluding hydrogens is 560 g/mol. The number of carbonyl (C=O) groups is 1. The van der Waals surface area contributed by atoms with Crippen LogP contribution in [-0.2, 0) is 5.41 Å². The van der Waals surface area contributed by atoms with Crippen LogP contribution < -0.4 is 24.0 Å². The molecule has 1 aliphatic heterocycles. The van der Waals surface area contributed by atoms with Crippen LogP contribution in [0.15, 0.2) is 18.2 Å². The van der Waals surface area contributed by atoms with Gasteiger partial charge < -0.3 is 29.1 Å². The van der Waals surface area contributed by atoms with Crippen molar-refractivity contribution in [3.8, 4) is 0 Å². The summed E-state index contributed by atoms with van der Waals surface area (Å²) in [5, 5.41) is 9.06. The summed E-state index contributed by atoms with van der Waals surface area (Å²) in [7, 11) is 0. The Morgan fingerprint density at radius 1 is 1.00 bits per heavy atom. The largest absolute Gasteiger partial charge is 1.00 e. The standard InChI is InChI=1S/C18H16F9NO2.HI/c1-9-14(2,3)11-8-10(13(29)30)4-5-12(11)28(9)18(26,27)17(24,25)15(19,20)6-7-16(21,22)23;/h4-5,8H,6-7H2,1-3H3;1H. The molecule has 0 aliphatic carbocycles. The van der Waals surface area contributed by atoms with Gasteiger partial charge in [-0.1, -0.05) is 0 Å². The number of hydrogen-bond donors (Lipinski definition) is 1. The van der Waals surface area contributed by atoms with E-state index in [1.807, 2.05) is 0 Å². The van der Waals surface area contributed by atoms with Crippen LogP contribution in [0.2, 0.25) is 0 Å². The Balaban J connectivity index is 0.00000480. The number of alkyl halides is 9. The highest BCUT2D eigenvalue weighted by atomic mass is 127. The van der Waals surface area contributed by atoms with Crippen molar-refractivity contribution in [2.24, 2.45) is 0 Å². The average molecular weight is 577 g/mol. The fourth-order valence-electron chi connectivity index (χ4n) is 3.20. The lowest BCUT2D eigenvalue weighted by atomic mass is 9.81. The third kappa shape index (κ3) is 4.51.